The van der Waals surface area contributed by atoms with Gasteiger partial charge < -0.3 is 29.4 Å². The maximum Gasteiger partial charge on any atom is 0.320 e. The lowest BCUT2D eigenvalue weighted by Crippen LogP contribution is -2.59. The molecule has 1 aromatic carbocycles. The Bertz CT molecular complexity index is 1180. The summed E-state index contributed by atoms with van der Waals surface area (Å²) in [6.07, 6.45) is -8.53. The van der Waals surface area contributed by atoms with Crippen molar-refractivity contribution in [2.75, 3.05) is 12.3 Å². The van der Waals surface area contributed by atoms with Gasteiger partial charge >= 0.3 is 23.8 Å². The zero-order chi connectivity index (χ0) is 29.3. The highest BCUT2D eigenvalue weighted by molar-refractivity contribution is 5.98. The van der Waals surface area contributed by atoms with Crippen LogP contribution in [0, 0.1) is 4.91 Å². The van der Waals surface area contributed by atoms with E-state index in [4.69, 9.17) is 29.4 Å². The lowest BCUT2D eigenvalue weighted by Gasteiger charge is -2.40. The molecule has 0 radical (unpaired) electrons. The predicted octanol–water partition coefficient (Wildman–Crippen LogP) is 0.583. The largest absolute Gasteiger partial charge is 0.460 e. The zero-order valence-electron chi connectivity index (χ0n) is 21.2. The van der Waals surface area contributed by atoms with Crippen LogP contribution in [-0.2, 0) is 47.7 Å². The third-order valence-electron chi connectivity index (χ3n) is 4.94. The summed E-state index contributed by atoms with van der Waals surface area (Å²) in [6, 6.07) is 3.60. The van der Waals surface area contributed by atoms with Gasteiger partial charge in [0.25, 0.3) is 0 Å². The molecule has 15 nitrogen and oxygen atoms in total. The normalized spacial score (nSPS) is 20.2. The molecule has 0 aromatic heterocycles. The van der Waals surface area contributed by atoms with E-state index in [1.807, 2.05) is 0 Å². The van der Waals surface area contributed by atoms with E-state index in [1.54, 1.807) is 0 Å². The zero-order valence-corrected chi connectivity index (χ0v) is 21.2. The molecular formula is C24H26N2O13. The summed E-state index contributed by atoms with van der Waals surface area (Å²) >= 11 is 0. The van der Waals surface area contributed by atoms with E-state index in [-0.39, 0.29) is 17.0 Å². The summed E-state index contributed by atoms with van der Waals surface area (Å²) in [5, 5.41) is 2.33. The van der Waals surface area contributed by atoms with Crippen molar-refractivity contribution in [2.24, 2.45) is 5.18 Å². The van der Waals surface area contributed by atoms with E-state index >= 15 is 0 Å². The first-order chi connectivity index (χ1) is 18.3. The number of nitroso groups, excluding NO2 is 1. The van der Waals surface area contributed by atoms with Gasteiger partial charge in [0, 0.05) is 10.9 Å². The van der Waals surface area contributed by atoms with E-state index in [1.165, 1.54) is 12.1 Å². The lowest BCUT2D eigenvalue weighted by atomic mass is 10.0. The van der Waals surface area contributed by atoms with Gasteiger partial charge in [-0.15, -0.1) is 4.91 Å². The average Bonchev–Trinajstić information content (AvgIpc) is 2.81. The first-order valence-electron chi connectivity index (χ1n) is 11.4. The first kappa shape index (κ1) is 30.7. The van der Waals surface area contributed by atoms with Gasteiger partial charge in [0.1, 0.15) is 42.4 Å². The van der Waals surface area contributed by atoms with Crippen LogP contribution in [0.3, 0.4) is 0 Å². The van der Waals surface area contributed by atoms with Crippen molar-refractivity contribution in [3.63, 3.8) is 0 Å². The molecule has 15 heteroatoms. The number of ketones is 3. The van der Waals surface area contributed by atoms with Crippen LogP contribution in [0.15, 0.2) is 23.4 Å². The number of carbonyl (C=O) groups is 7. The Balaban J connectivity index is 2.50. The highest BCUT2D eigenvalue weighted by atomic mass is 16.7. The Hall–Kier alpha value is -4.53. The Kier molecular flexibility index (Phi) is 10.9. The van der Waals surface area contributed by atoms with Crippen LogP contribution < -0.4 is 10.5 Å². The number of benzene rings is 1. The van der Waals surface area contributed by atoms with E-state index in [0.717, 1.165) is 26.8 Å². The fourth-order valence-corrected chi connectivity index (χ4v) is 3.41. The Morgan fingerprint density at radius 3 is 1.87 bits per heavy atom. The number of nitrogens with zero attached hydrogens (tertiary/aromatic N) is 1. The highest BCUT2D eigenvalue weighted by Crippen LogP contribution is 2.30. The minimum Gasteiger partial charge on any atom is -0.460 e. The molecule has 2 N–H and O–H groups in total. The predicted molar refractivity (Wildman–Crippen MR) is 127 cm³/mol. The maximum atomic E-state index is 12.4. The van der Waals surface area contributed by atoms with Crippen molar-refractivity contribution in [3.05, 3.63) is 28.7 Å². The van der Waals surface area contributed by atoms with Gasteiger partial charge in [-0.05, 0) is 39.0 Å². The minimum atomic E-state index is -1.73. The fourth-order valence-electron chi connectivity index (χ4n) is 3.41. The van der Waals surface area contributed by atoms with Crippen LogP contribution in [0.1, 0.15) is 50.4 Å². The first-order valence-corrected chi connectivity index (χ1v) is 11.4. The van der Waals surface area contributed by atoms with E-state index in [9.17, 15) is 38.5 Å². The lowest BCUT2D eigenvalue weighted by molar-refractivity contribution is -0.261. The van der Waals surface area contributed by atoms with E-state index < -0.39 is 91.6 Å². The number of amides is 1. The molecule has 0 aliphatic carbocycles. The number of nitrogens with two attached hydrogens (primary N) is 1. The summed E-state index contributed by atoms with van der Waals surface area (Å²) in [5.74, 6) is -6.41. The Morgan fingerprint density at radius 1 is 0.846 bits per heavy atom. The second-order valence-corrected chi connectivity index (χ2v) is 8.55. The summed E-state index contributed by atoms with van der Waals surface area (Å²) in [5.41, 5.74) is 5.37. The van der Waals surface area contributed by atoms with Crippen LogP contribution in [0.4, 0.5) is 5.69 Å². The van der Waals surface area contributed by atoms with Gasteiger partial charge in [-0.25, -0.2) is 0 Å². The van der Waals surface area contributed by atoms with E-state index in [0.29, 0.717) is 0 Å². The van der Waals surface area contributed by atoms with Crippen LogP contribution >= 0.6 is 0 Å². The minimum absolute atomic E-state index is 0.0804. The second kappa shape index (κ2) is 13.9. The molecule has 210 valence electrons. The third-order valence-corrected chi connectivity index (χ3v) is 4.94. The van der Waals surface area contributed by atoms with Crippen molar-refractivity contribution in [2.45, 2.75) is 64.6 Å². The van der Waals surface area contributed by atoms with Crippen LogP contribution in [0.2, 0.25) is 0 Å². The maximum absolute atomic E-state index is 12.4. The number of anilines is 1. The molecule has 1 unspecified atom stereocenters. The van der Waals surface area contributed by atoms with Crippen molar-refractivity contribution in [1.82, 2.24) is 0 Å². The molecule has 0 bridgehead atoms. The molecule has 0 spiro atoms. The monoisotopic (exact) mass is 550 g/mol. The molecule has 2 rings (SSSR count). The van der Waals surface area contributed by atoms with Crippen molar-refractivity contribution >= 4 is 46.9 Å². The molecule has 1 aromatic rings. The van der Waals surface area contributed by atoms with Crippen LogP contribution in [0.25, 0.3) is 0 Å². The topological polar surface area (TPSA) is 221 Å². The van der Waals surface area contributed by atoms with Crippen molar-refractivity contribution in [1.29, 1.82) is 0 Å². The Labute approximate surface area is 221 Å². The number of hydrogen-bond donors (Lipinski definition) is 1. The fraction of sp³-hybridized carbons (Fsp3) is 0.458. The molecule has 1 aliphatic rings. The number of ether oxygens (including phenoxy) is 5. The van der Waals surface area contributed by atoms with Crippen molar-refractivity contribution in [3.8, 4) is 5.75 Å². The van der Waals surface area contributed by atoms with Crippen LogP contribution in [0.5, 0.6) is 5.75 Å². The summed E-state index contributed by atoms with van der Waals surface area (Å²) in [7, 11) is 0. The van der Waals surface area contributed by atoms with Gasteiger partial charge in [0.2, 0.25) is 12.4 Å². The number of esters is 3. The molecule has 1 saturated heterocycles. The summed E-state index contributed by atoms with van der Waals surface area (Å²) < 4.78 is 27.1. The van der Waals surface area contributed by atoms with E-state index in [2.05, 4.69) is 5.18 Å². The van der Waals surface area contributed by atoms with Gasteiger partial charge in [-0.2, -0.15) is 0 Å². The molecule has 39 heavy (non-hydrogen) atoms. The number of carbonyl (C=O) groups excluding carboxylic acids is 7. The number of rotatable bonds is 12. The number of hydrogen-bond acceptors (Lipinski definition) is 14. The third kappa shape index (κ3) is 9.37. The number of nitrogen functional groups attached to an aromatic ring is 1. The van der Waals surface area contributed by atoms with Crippen LogP contribution in [-0.4, -0.2) is 72.4 Å². The number of Topliss-reactive ketones (excluding diaryl/α,β-unsaturated/α-hetero) is 3. The van der Waals surface area contributed by atoms with Gasteiger partial charge in [0.05, 0.1) is 12.2 Å². The molecule has 0 saturated carbocycles. The highest BCUT2D eigenvalue weighted by Gasteiger charge is 2.49. The molecule has 1 aliphatic heterocycles. The van der Waals surface area contributed by atoms with Gasteiger partial charge in [0.15, 0.2) is 12.2 Å². The van der Waals surface area contributed by atoms with Gasteiger partial charge in [-0.3, -0.25) is 33.6 Å². The SMILES string of the molecule is CC(=O)CC(=O)O[C@H]1[C@H](OC(=O)CC(C)=O)COC(Oc2ccc(N)cc2C(=O)N=O)[C@@H]1OC(=O)CC(C)=O. The molecule has 4 atom stereocenters. The van der Waals surface area contributed by atoms with Gasteiger partial charge in [-0.1, -0.05) is 0 Å². The molecular weight excluding hydrogens is 524 g/mol. The smallest absolute Gasteiger partial charge is 0.320 e. The second-order valence-electron chi connectivity index (χ2n) is 8.55. The molecule has 1 fully saturated rings. The average molecular weight is 550 g/mol. The summed E-state index contributed by atoms with van der Waals surface area (Å²) in [6.45, 7) is 2.84. The molecule has 1 amide bonds. The molecule has 1 heterocycles. The summed E-state index contributed by atoms with van der Waals surface area (Å²) in [4.78, 5) is 94.2. The standard InChI is InChI=1S/C24H26N2O13/c1-11(27)6-18(30)36-17-10-35-24(37-16-5-4-14(25)9-15(16)23(33)26-34)22(39-20(32)8-13(3)29)21(17)38-19(31)7-12(2)28/h4-5,9,17,21-22,24H,6-8,10,25H2,1-3H3/t17-,21+,22-,24?/m1/s1. The Morgan fingerprint density at radius 2 is 1.36 bits per heavy atom. The quantitative estimate of drug-likeness (QED) is 0.124. The van der Waals surface area contributed by atoms with Crippen molar-refractivity contribution < 1.29 is 57.2 Å².